The molecule has 3 N–H and O–H groups in total. The maximum atomic E-state index is 12.5. The van der Waals surface area contributed by atoms with Gasteiger partial charge in [-0.25, -0.2) is 8.78 Å². The minimum absolute atomic E-state index is 0.182. The molecule has 0 spiro atoms. The molecule has 2 amide bonds. The fourth-order valence-electron chi connectivity index (χ4n) is 2.47. The van der Waals surface area contributed by atoms with Crippen LogP contribution in [0.4, 0.5) is 8.78 Å². The lowest BCUT2D eigenvalue weighted by atomic mass is 10.0. The Balaban J connectivity index is 2.36. The van der Waals surface area contributed by atoms with Gasteiger partial charge in [0.25, 0.3) is 0 Å². The highest BCUT2D eigenvalue weighted by atomic mass is 19.3. The summed E-state index contributed by atoms with van der Waals surface area (Å²) in [6, 6.07) is -1.20. The number of alkyl halides is 2. The highest BCUT2D eigenvalue weighted by molar-refractivity contribution is 5.82. The molecule has 24 heavy (non-hydrogen) atoms. The zero-order chi connectivity index (χ0) is 17.9. The molecular formula is C15H27F2N3O4. The van der Waals surface area contributed by atoms with Gasteiger partial charge in [0.05, 0.1) is 25.3 Å². The second-order valence-corrected chi connectivity index (χ2v) is 5.63. The number of hydrogen-bond acceptors (Lipinski definition) is 5. The molecule has 0 aromatic rings. The van der Waals surface area contributed by atoms with Crippen molar-refractivity contribution in [3.63, 3.8) is 0 Å². The van der Waals surface area contributed by atoms with Crippen molar-refractivity contribution in [1.29, 1.82) is 0 Å². The van der Waals surface area contributed by atoms with Crippen molar-refractivity contribution in [1.82, 2.24) is 16.0 Å². The van der Waals surface area contributed by atoms with E-state index in [-0.39, 0.29) is 18.6 Å². The monoisotopic (exact) mass is 351 g/mol. The average molecular weight is 351 g/mol. The van der Waals surface area contributed by atoms with Gasteiger partial charge in [0.15, 0.2) is 0 Å². The molecule has 1 rings (SSSR count). The van der Waals surface area contributed by atoms with Crippen molar-refractivity contribution in [2.24, 2.45) is 0 Å². The van der Waals surface area contributed by atoms with Crippen LogP contribution >= 0.6 is 0 Å². The van der Waals surface area contributed by atoms with Gasteiger partial charge in [-0.2, -0.15) is 0 Å². The molecule has 140 valence electrons. The zero-order valence-electron chi connectivity index (χ0n) is 14.1. The summed E-state index contributed by atoms with van der Waals surface area (Å²) in [4.78, 5) is 23.9. The van der Waals surface area contributed by atoms with E-state index in [0.717, 1.165) is 0 Å². The molecule has 0 aromatic heterocycles. The van der Waals surface area contributed by atoms with Gasteiger partial charge < -0.3 is 25.4 Å². The largest absolute Gasteiger partial charge is 0.383 e. The number of carbonyl (C=O) groups is 2. The highest BCUT2D eigenvalue weighted by Gasteiger charge is 2.30. The van der Waals surface area contributed by atoms with Gasteiger partial charge in [0.1, 0.15) is 6.10 Å². The van der Waals surface area contributed by atoms with Gasteiger partial charge in [-0.05, 0) is 19.4 Å². The molecule has 1 fully saturated rings. The van der Waals surface area contributed by atoms with E-state index < -0.39 is 30.9 Å². The lowest BCUT2D eigenvalue weighted by Crippen LogP contribution is -2.52. The summed E-state index contributed by atoms with van der Waals surface area (Å²) in [7, 11) is 1.55. The Morgan fingerprint density at radius 2 is 2.08 bits per heavy atom. The minimum atomic E-state index is -2.55. The number of hydrogen-bond donors (Lipinski definition) is 3. The first-order chi connectivity index (χ1) is 11.5. The predicted molar refractivity (Wildman–Crippen MR) is 83.9 cm³/mol. The SMILES string of the molecule is CCN[C@H](CC(F)F)C(=O)N[C@@H]1CC[C@@H](C(=O)NCCOC)OC1. The molecule has 1 aliphatic rings. The molecule has 7 nitrogen and oxygen atoms in total. The third-order valence-electron chi connectivity index (χ3n) is 3.70. The average Bonchev–Trinajstić information content (AvgIpc) is 2.55. The molecule has 1 aliphatic heterocycles. The van der Waals surface area contributed by atoms with Crippen LogP contribution in [-0.4, -0.2) is 69.8 Å². The van der Waals surface area contributed by atoms with Crippen LogP contribution in [-0.2, 0) is 19.1 Å². The molecule has 1 saturated heterocycles. The number of halogens is 2. The fraction of sp³-hybridized carbons (Fsp3) is 0.867. The lowest BCUT2D eigenvalue weighted by Gasteiger charge is -2.30. The molecule has 3 atom stereocenters. The summed E-state index contributed by atoms with van der Waals surface area (Å²) in [5, 5.41) is 8.16. The molecule has 0 radical (unpaired) electrons. The van der Waals surface area contributed by atoms with Crippen LogP contribution in [0.15, 0.2) is 0 Å². The maximum Gasteiger partial charge on any atom is 0.249 e. The Bertz CT molecular complexity index is 391. The van der Waals surface area contributed by atoms with E-state index >= 15 is 0 Å². The Morgan fingerprint density at radius 3 is 2.62 bits per heavy atom. The van der Waals surface area contributed by atoms with Crippen LogP contribution in [0.5, 0.6) is 0 Å². The Kier molecular flexibility index (Phi) is 9.73. The maximum absolute atomic E-state index is 12.5. The van der Waals surface area contributed by atoms with Gasteiger partial charge in [-0.15, -0.1) is 0 Å². The molecule has 0 aliphatic carbocycles. The van der Waals surface area contributed by atoms with Crippen molar-refractivity contribution in [2.75, 3.05) is 33.4 Å². The summed E-state index contributed by atoms with van der Waals surface area (Å²) in [6.45, 7) is 3.19. The van der Waals surface area contributed by atoms with Crippen LogP contribution in [0.2, 0.25) is 0 Å². The predicted octanol–water partition coefficient (Wildman–Crippen LogP) is 0.0461. The van der Waals surface area contributed by atoms with Crippen molar-refractivity contribution in [2.45, 2.75) is 50.8 Å². The topological polar surface area (TPSA) is 88.7 Å². The molecule has 0 aromatic carbocycles. The van der Waals surface area contributed by atoms with Gasteiger partial charge in [-0.1, -0.05) is 6.92 Å². The van der Waals surface area contributed by atoms with Crippen LogP contribution < -0.4 is 16.0 Å². The van der Waals surface area contributed by atoms with Gasteiger partial charge >= 0.3 is 0 Å². The molecule has 0 saturated carbocycles. The number of amides is 2. The first-order valence-electron chi connectivity index (χ1n) is 8.18. The van der Waals surface area contributed by atoms with Gasteiger partial charge in [-0.3, -0.25) is 9.59 Å². The molecule has 0 bridgehead atoms. The summed E-state index contributed by atoms with van der Waals surface area (Å²) < 4.78 is 35.3. The van der Waals surface area contributed by atoms with Crippen molar-refractivity contribution in [3.05, 3.63) is 0 Å². The van der Waals surface area contributed by atoms with Crippen LogP contribution in [0.1, 0.15) is 26.2 Å². The summed E-state index contributed by atoms with van der Waals surface area (Å²) >= 11 is 0. The Labute approximate surface area is 140 Å². The number of carbonyl (C=O) groups excluding carboxylic acids is 2. The minimum Gasteiger partial charge on any atom is -0.383 e. The van der Waals surface area contributed by atoms with E-state index in [1.807, 2.05) is 0 Å². The van der Waals surface area contributed by atoms with E-state index in [2.05, 4.69) is 16.0 Å². The van der Waals surface area contributed by atoms with E-state index in [1.165, 1.54) is 0 Å². The number of ether oxygens (including phenoxy) is 2. The fourth-order valence-corrected chi connectivity index (χ4v) is 2.47. The van der Waals surface area contributed by atoms with E-state index in [9.17, 15) is 18.4 Å². The summed E-state index contributed by atoms with van der Waals surface area (Å²) in [6.07, 6.45) is -2.62. The number of rotatable bonds is 10. The summed E-state index contributed by atoms with van der Waals surface area (Å²) in [5.41, 5.74) is 0. The first kappa shape index (κ1) is 20.7. The quantitative estimate of drug-likeness (QED) is 0.484. The van der Waals surface area contributed by atoms with Gasteiger partial charge in [0.2, 0.25) is 18.2 Å². The third kappa shape index (κ3) is 7.50. The van der Waals surface area contributed by atoms with Gasteiger partial charge in [0, 0.05) is 20.1 Å². The molecule has 0 unspecified atom stereocenters. The van der Waals surface area contributed by atoms with E-state index in [1.54, 1.807) is 14.0 Å². The van der Waals surface area contributed by atoms with Crippen molar-refractivity contribution >= 4 is 11.8 Å². The summed E-state index contributed by atoms with van der Waals surface area (Å²) in [5.74, 6) is -0.672. The normalized spacial score (nSPS) is 22.2. The standard InChI is InChI=1S/C15H27F2N3O4/c1-3-18-11(8-13(16)17)14(21)20-10-4-5-12(24-9-10)15(22)19-6-7-23-2/h10-13,18H,3-9H2,1-2H3,(H,19,22)(H,20,21)/t10-,11-,12+/m1/s1. The number of likely N-dealkylation sites (N-methyl/N-ethyl adjacent to an activating group) is 1. The van der Waals surface area contributed by atoms with Crippen LogP contribution in [0.25, 0.3) is 0 Å². The first-order valence-corrected chi connectivity index (χ1v) is 8.18. The van der Waals surface area contributed by atoms with Crippen molar-refractivity contribution in [3.8, 4) is 0 Å². The zero-order valence-corrected chi connectivity index (χ0v) is 14.1. The number of methoxy groups -OCH3 is 1. The van der Waals surface area contributed by atoms with E-state index in [0.29, 0.717) is 32.5 Å². The van der Waals surface area contributed by atoms with Crippen LogP contribution in [0.3, 0.4) is 0 Å². The second kappa shape index (κ2) is 11.3. The Morgan fingerprint density at radius 1 is 1.33 bits per heavy atom. The Hall–Kier alpha value is -1.32. The lowest BCUT2D eigenvalue weighted by molar-refractivity contribution is -0.137. The third-order valence-corrected chi connectivity index (χ3v) is 3.70. The molecule has 9 heteroatoms. The van der Waals surface area contributed by atoms with E-state index in [4.69, 9.17) is 9.47 Å². The molecule has 1 heterocycles. The number of nitrogens with one attached hydrogen (secondary N) is 3. The highest BCUT2D eigenvalue weighted by Crippen LogP contribution is 2.14. The van der Waals surface area contributed by atoms with Crippen LogP contribution in [0, 0.1) is 0 Å². The second-order valence-electron chi connectivity index (χ2n) is 5.63. The smallest absolute Gasteiger partial charge is 0.249 e. The van der Waals surface area contributed by atoms with Crippen molar-refractivity contribution < 1.29 is 27.8 Å². The molecular weight excluding hydrogens is 324 g/mol.